The van der Waals surface area contributed by atoms with E-state index in [1.165, 1.54) is 0 Å². The normalized spacial score (nSPS) is 12.4. The second-order valence-corrected chi connectivity index (χ2v) is 3.36. The van der Waals surface area contributed by atoms with Gasteiger partial charge < -0.3 is 5.11 Å². The van der Waals surface area contributed by atoms with Crippen LogP contribution in [0.4, 0.5) is 0 Å². The van der Waals surface area contributed by atoms with E-state index in [4.69, 9.17) is 5.11 Å². The molecule has 0 amide bonds. The van der Waals surface area contributed by atoms with E-state index in [9.17, 15) is 4.79 Å². The Morgan fingerprint density at radius 2 is 1.87 bits per heavy atom. The molecule has 0 aromatic rings. The van der Waals surface area contributed by atoms with E-state index < -0.39 is 5.97 Å². The van der Waals surface area contributed by atoms with Crippen LogP contribution in [-0.4, -0.2) is 35.2 Å². The average molecular weight is 210 g/mol. The van der Waals surface area contributed by atoms with E-state index in [0.29, 0.717) is 4.48 Å². The maximum absolute atomic E-state index is 10.7. The molecule has 1 N–H and O–H groups in total. The van der Waals surface area contributed by atoms with Crippen LogP contribution in [0.25, 0.3) is 0 Å². The van der Waals surface area contributed by atoms with Crippen LogP contribution in [0, 0.1) is 0 Å². The Hall–Kier alpha value is -1.35. The first-order valence-corrected chi connectivity index (χ1v) is 5.14. The van der Waals surface area contributed by atoms with Crippen molar-refractivity contribution >= 4 is 5.97 Å². The first kappa shape index (κ1) is 13.7. The van der Waals surface area contributed by atoms with Gasteiger partial charge in [0.1, 0.15) is 0 Å². The molecule has 0 bridgehead atoms. The number of aliphatic carboxylic acids is 1. The number of quaternary nitrogens is 1. The minimum absolute atomic E-state index is 0.130. The number of nitrogens with zero attached hydrogens (tertiary/aromatic N) is 1. The second-order valence-electron chi connectivity index (χ2n) is 3.36. The van der Waals surface area contributed by atoms with Gasteiger partial charge in [0.15, 0.2) is 6.54 Å². The summed E-state index contributed by atoms with van der Waals surface area (Å²) in [5.41, 5.74) is 0. The average Bonchev–Trinajstić information content (AvgIpc) is 2.22. The lowest BCUT2D eigenvalue weighted by Crippen LogP contribution is -2.46. The van der Waals surface area contributed by atoms with E-state index in [-0.39, 0.29) is 6.54 Å². The van der Waals surface area contributed by atoms with Gasteiger partial charge in [0.05, 0.1) is 19.3 Å². The Kier molecular flexibility index (Phi) is 6.38. The number of likely N-dealkylation sites (N-methyl/N-ethyl adjacent to an activating group) is 1. The molecule has 84 valence electrons. The van der Waals surface area contributed by atoms with Crippen LogP contribution in [0.3, 0.4) is 0 Å². The molecule has 0 atom stereocenters. The summed E-state index contributed by atoms with van der Waals surface area (Å²) in [4.78, 5) is 10.7. The van der Waals surface area contributed by atoms with Crippen LogP contribution in [0.1, 0.15) is 13.8 Å². The molecule has 3 nitrogen and oxygen atoms in total. The van der Waals surface area contributed by atoms with Crippen molar-refractivity contribution in [1.29, 1.82) is 0 Å². The Balaban J connectivity index is 4.62. The van der Waals surface area contributed by atoms with Gasteiger partial charge in [-0.3, -0.25) is 4.48 Å². The third kappa shape index (κ3) is 5.18. The Morgan fingerprint density at radius 3 is 2.27 bits per heavy atom. The molecular weight excluding hydrogens is 190 g/mol. The maximum atomic E-state index is 10.7. The zero-order chi connectivity index (χ0) is 11.7. The van der Waals surface area contributed by atoms with Crippen molar-refractivity contribution < 1.29 is 14.4 Å². The van der Waals surface area contributed by atoms with Gasteiger partial charge in [-0.25, -0.2) is 4.79 Å². The molecule has 0 fully saturated rings. The molecule has 0 aromatic heterocycles. The highest BCUT2D eigenvalue weighted by atomic mass is 16.4. The molecular formula is C12H20NO2+. The van der Waals surface area contributed by atoms with Gasteiger partial charge in [-0.2, -0.15) is 0 Å². The fourth-order valence-electron chi connectivity index (χ4n) is 1.36. The molecule has 0 spiro atoms. The molecule has 0 aromatic carbocycles. The first-order chi connectivity index (χ1) is 7.10. The topological polar surface area (TPSA) is 37.3 Å². The van der Waals surface area contributed by atoms with E-state index >= 15 is 0 Å². The SMILES string of the molecule is C=C/C=C/C=C/[N+](CC)(CC)CC(=O)O. The molecule has 0 heterocycles. The first-order valence-electron chi connectivity index (χ1n) is 5.14. The van der Waals surface area contributed by atoms with Crippen molar-refractivity contribution in [3.63, 3.8) is 0 Å². The number of carbonyl (C=O) groups is 1. The van der Waals surface area contributed by atoms with Crippen molar-refractivity contribution in [2.45, 2.75) is 13.8 Å². The van der Waals surface area contributed by atoms with E-state index in [1.54, 1.807) is 6.08 Å². The summed E-state index contributed by atoms with van der Waals surface area (Å²) in [6, 6.07) is 0. The Morgan fingerprint density at radius 1 is 1.27 bits per heavy atom. The fourth-order valence-corrected chi connectivity index (χ4v) is 1.36. The smallest absolute Gasteiger partial charge is 0.359 e. The number of hydrogen-bond donors (Lipinski definition) is 1. The lowest BCUT2D eigenvalue weighted by molar-refractivity contribution is -0.868. The molecule has 0 aliphatic carbocycles. The van der Waals surface area contributed by atoms with Crippen molar-refractivity contribution in [1.82, 2.24) is 0 Å². The lowest BCUT2D eigenvalue weighted by Gasteiger charge is -2.30. The minimum atomic E-state index is -0.768. The lowest BCUT2D eigenvalue weighted by atomic mass is 10.3. The van der Waals surface area contributed by atoms with E-state index in [1.807, 2.05) is 38.3 Å². The van der Waals surface area contributed by atoms with Crippen molar-refractivity contribution in [3.8, 4) is 0 Å². The molecule has 0 radical (unpaired) electrons. The third-order valence-corrected chi connectivity index (χ3v) is 2.47. The molecule has 3 heteroatoms. The van der Waals surface area contributed by atoms with Gasteiger partial charge in [-0.1, -0.05) is 24.8 Å². The summed E-state index contributed by atoms with van der Waals surface area (Å²) < 4.78 is 0.469. The van der Waals surface area contributed by atoms with E-state index in [2.05, 4.69) is 6.58 Å². The summed E-state index contributed by atoms with van der Waals surface area (Å²) in [6.45, 7) is 9.24. The molecule has 0 unspecified atom stereocenters. The highest BCUT2D eigenvalue weighted by Gasteiger charge is 2.23. The monoisotopic (exact) mass is 210 g/mol. The van der Waals surface area contributed by atoms with Crippen LogP contribution in [-0.2, 0) is 4.79 Å². The molecule has 0 saturated carbocycles. The largest absolute Gasteiger partial charge is 0.477 e. The highest BCUT2D eigenvalue weighted by molar-refractivity contribution is 5.68. The minimum Gasteiger partial charge on any atom is -0.477 e. The molecule has 15 heavy (non-hydrogen) atoms. The van der Waals surface area contributed by atoms with Gasteiger partial charge in [0, 0.05) is 0 Å². The van der Waals surface area contributed by atoms with Gasteiger partial charge >= 0.3 is 5.97 Å². The standard InChI is InChI=1S/C12H19NO2/c1-4-7-8-9-10-13(5-2,6-3)11-12(14)15/h4,7-10H,1,5-6,11H2,2-3H3/p+1/b8-7+,10-9+. The Labute approximate surface area is 91.6 Å². The maximum Gasteiger partial charge on any atom is 0.359 e. The molecule has 0 aliphatic rings. The molecule has 0 rings (SSSR count). The second kappa shape index (κ2) is 7.01. The van der Waals surface area contributed by atoms with Crippen LogP contribution in [0.15, 0.2) is 37.1 Å². The summed E-state index contributed by atoms with van der Waals surface area (Å²) in [7, 11) is 0. The number of rotatable bonds is 7. The molecule has 0 saturated heterocycles. The van der Waals surface area contributed by atoms with Gasteiger partial charge in [0.2, 0.25) is 0 Å². The van der Waals surface area contributed by atoms with Crippen molar-refractivity contribution in [2.75, 3.05) is 19.6 Å². The van der Waals surface area contributed by atoms with Gasteiger partial charge in [-0.05, 0) is 19.9 Å². The summed E-state index contributed by atoms with van der Waals surface area (Å²) in [5.74, 6) is -0.768. The number of allylic oxidation sites excluding steroid dienone is 4. The quantitative estimate of drug-likeness (QED) is 0.516. The van der Waals surface area contributed by atoms with Crippen LogP contribution < -0.4 is 0 Å². The third-order valence-electron chi connectivity index (χ3n) is 2.47. The van der Waals surface area contributed by atoms with Gasteiger partial charge in [-0.15, -0.1) is 0 Å². The number of carboxylic acid groups (broad SMARTS) is 1. The summed E-state index contributed by atoms with van der Waals surface area (Å²) >= 11 is 0. The van der Waals surface area contributed by atoms with Crippen LogP contribution >= 0.6 is 0 Å². The Bertz CT molecular complexity index is 263. The summed E-state index contributed by atoms with van der Waals surface area (Å²) in [5, 5.41) is 8.83. The predicted octanol–water partition coefficient (Wildman–Crippen LogP) is 2.18. The van der Waals surface area contributed by atoms with Crippen LogP contribution in [0.5, 0.6) is 0 Å². The molecule has 0 aliphatic heterocycles. The zero-order valence-electron chi connectivity index (χ0n) is 9.52. The predicted molar refractivity (Wildman–Crippen MR) is 62.3 cm³/mol. The summed E-state index contributed by atoms with van der Waals surface area (Å²) in [6.07, 6.45) is 9.16. The van der Waals surface area contributed by atoms with Crippen LogP contribution in [0.2, 0.25) is 0 Å². The number of hydrogen-bond acceptors (Lipinski definition) is 1. The number of carboxylic acids is 1. The van der Waals surface area contributed by atoms with Gasteiger partial charge in [0.25, 0.3) is 0 Å². The van der Waals surface area contributed by atoms with E-state index in [0.717, 1.165) is 13.1 Å². The van der Waals surface area contributed by atoms with Crippen molar-refractivity contribution in [2.24, 2.45) is 0 Å². The zero-order valence-corrected chi connectivity index (χ0v) is 9.52. The fraction of sp³-hybridized carbons (Fsp3) is 0.417. The highest BCUT2D eigenvalue weighted by Crippen LogP contribution is 2.07. The van der Waals surface area contributed by atoms with Crippen molar-refractivity contribution in [3.05, 3.63) is 37.1 Å².